The van der Waals surface area contributed by atoms with Crippen LogP contribution in [0.15, 0.2) is 0 Å². The zero-order valence-electron chi connectivity index (χ0n) is 11.9. The second kappa shape index (κ2) is 6.08. The first-order chi connectivity index (χ1) is 9.14. The molecule has 1 rings (SSSR count). The zero-order chi connectivity index (χ0) is 15.5. The van der Waals surface area contributed by atoms with E-state index in [1.165, 1.54) is 4.90 Å². The molecular formula is C12H21N3O5. The predicted molar refractivity (Wildman–Crippen MR) is 69.4 cm³/mol. The molecule has 2 atom stereocenters. The molecule has 1 saturated heterocycles. The van der Waals surface area contributed by atoms with Gasteiger partial charge in [0.25, 0.3) is 0 Å². The highest BCUT2D eigenvalue weighted by Crippen LogP contribution is 2.24. The lowest BCUT2D eigenvalue weighted by Gasteiger charge is -2.36. The van der Waals surface area contributed by atoms with Crippen LogP contribution in [0.4, 0.5) is 4.79 Å². The van der Waals surface area contributed by atoms with E-state index in [1.54, 1.807) is 20.8 Å². The molecule has 0 radical (unpaired) electrons. The summed E-state index contributed by atoms with van der Waals surface area (Å²) in [5.74, 6) is 2.08. The number of hydrogen-bond donors (Lipinski definition) is 3. The summed E-state index contributed by atoms with van der Waals surface area (Å²) >= 11 is 0. The van der Waals surface area contributed by atoms with Crippen molar-refractivity contribution in [1.29, 1.82) is 0 Å². The van der Waals surface area contributed by atoms with E-state index >= 15 is 0 Å². The Morgan fingerprint density at radius 2 is 1.80 bits per heavy atom. The number of hydrogen-bond acceptors (Lipinski definition) is 5. The fraction of sp³-hybridized carbons (Fsp3) is 0.750. The molecule has 8 nitrogen and oxygen atoms in total. The second-order valence-corrected chi connectivity index (χ2v) is 5.86. The van der Waals surface area contributed by atoms with Crippen molar-refractivity contribution in [1.82, 2.24) is 10.3 Å². The minimum atomic E-state index is -1.05. The van der Waals surface area contributed by atoms with Gasteiger partial charge in [-0.1, -0.05) is 0 Å². The Kier molecular flexibility index (Phi) is 4.93. The molecule has 1 aliphatic heterocycles. The number of piperidine rings is 1. The van der Waals surface area contributed by atoms with Crippen molar-refractivity contribution in [3.63, 3.8) is 0 Å². The van der Waals surface area contributed by atoms with Crippen LogP contribution in [-0.4, -0.2) is 46.7 Å². The molecule has 0 saturated carbocycles. The van der Waals surface area contributed by atoms with E-state index < -0.39 is 35.4 Å². The Hall–Kier alpha value is -1.83. The standard InChI is InChI=1S/C12H21N3O5/c1-12(2,3)20-11(19)15-5-7(9(16)14-13)4-8(6-15)10(17)18/h7-8H,4-6,13H2,1-3H3,(H,14,16)(H,17,18)/t7-,8+/m0/s1. The highest BCUT2D eigenvalue weighted by atomic mass is 16.6. The van der Waals surface area contributed by atoms with Crippen molar-refractivity contribution in [2.45, 2.75) is 32.8 Å². The van der Waals surface area contributed by atoms with Crippen LogP contribution in [0.5, 0.6) is 0 Å². The van der Waals surface area contributed by atoms with Crippen LogP contribution in [0.25, 0.3) is 0 Å². The van der Waals surface area contributed by atoms with Crippen LogP contribution < -0.4 is 11.3 Å². The first-order valence-electron chi connectivity index (χ1n) is 6.35. The fourth-order valence-electron chi connectivity index (χ4n) is 2.06. The van der Waals surface area contributed by atoms with Gasteiger partial charge in [-0.2, -0.15) is 0 Å². The van der Waals surface area contributed by atoms with Crippen LogP contribution in [0.1, 0.15) is 27.2 Å². The third-order valence-corrected chi connectivity index (χ3v) is 2.96. The van der Waals surface area contributed by atoms with Crippen molar-refractivity contribution >= 4 is 18.0 Å². The zero-order valence-corrected chi connectivity index (χ0v) is 11.9. The number of nitrogens with two attached hydrogens (primary N) is 1. The molecule has 0 bridgehead atoms. The number of hydrazine groups is 1. The summed E-state index contributed by atoms with van der Waals surface area (Å²) in [4.78, 5) is 35.9. The van der Waals surface area contributed by atoms with Gasteiger partial charge in [-0.3, -0.25) is 15.0 Å². The number of likely N-dealkylation sites (tertiary alicyclic amines) is 1. The Bertz CT molecular complexity index is 404. The van der Waals surface area contributed by atoms with Gasteiger partial charge >= 0.3 is 12.1 Å². The summed E-state index contributed by atoms with van der Waals surface area (Å²) in [6.45, 7) is 5.27. The third-order valence-electron chi connectivity index (χ3n) is 2.96. The molecule has 0 aliphatic carbocycles. The van der Waals surface area contributed by atoms with Gasteiger partial charge in [-0.05, 0) is 27.2 Å². The quantitative estimate of drug-likeness (QED) is 0.371. The van der Waals surface area contributed by atoms with Gasteiger partial charge < -0.3 is 14.7 Å². The van der Waals surface area contributed by atoms with Gasteiger partial charge in [0, 0.05) is 13.1 Å². The predicted octanol–water partition coefficient (Wildman–Crippen LogP) is -0.0659. The Morgan fingerprint density at radius 1 is 1.25 bits per heavy atom. The van der Waals surface area contributed by atoms with E-state index in [9.17, 15) is 14.4 Å². The number of carbonyl (C=O) groups is 3. The van der Waals surface area contributed by atoms with E-state index in [4.69, 9.17) is 15.7 Å². The highest BCUT2D eigenvalue weighted by Gasteiger charge is 2.38. The van der Waals surface area contributed by atoms with Gasteiger partial charge in [0.1, 0.15) is 5.60 Å². The second-order valence-electron chi connectivity index (χ2n) is 5.86. The summed E-state index contributed by atoms with van der Waals surface area (Å²) in [7, 11) is 0. The first-order valence-corrected chi connectivity index (χ1v) is 6.35. The Morgan fingerprint density at radius 3 is 2.25 bits per heavy atom. The lowest BCUT2D eigenvalue weighted by Crippen LogP contribution is -2.52. The maximum atomic E-state index is 12.0. The molecule has 0 aromatic carbocycles. The van der Waals surface area contributed by atoms with Gasteiger partial charge in [-0.25, -0.2) is 10.6 Å². The third kappa shape index (κ3) is 4.37. The monoisotopic (exact) mass is 287 g/mol. The molecule has 1 fully saturated rings. The van der Waals surface area contributed by atoms with Crippen LogP contribution in [-0.2, 0) is 14.3 Å². The van der Waals surface area contributed by atoms with Gasteiger partial charge in [0.05, 0.1) is 11.8 Å². The lowest BCUT2D eigenvalue weighted by atomic mass is 9.89. The minimum Gasteiger partial charge on any atom is -0.481 e. The van der Waals surface area contributed by atoms with Crippen LogP contribution in [0, 0.1) is 11.8 Å². The molecule has 0 aromatic heterocycles. The molecule has 0 aromatic rings. The topological polar surface area (TPSA) is 122 Å². The van der Waals surface area contributed by atoms with E-state index in [0.717, 1.165) is 0 Å². The maximum Gasteiger partial charge on any atom is 0.410 e. The smallest absolute Gasteiger partial charge is 0.410 e. The molecular weight excluding hydrogens is 266 g/mol. The van der Waals surface area contributed by atoms with E-state index in [-0.39, 0.29) is 19.5 Å². The molecule has 2 amide bonds. The molecule has 0 spiro atoms. The number of carbonyl (C=O) groups excluding carboxylic acids is 2. The number of rotatable bonds is 2. The van der Waals surface area contributed by atoms with Crippen molar-refractivity contribution in [2.24, 2.45) is 17.7 Å². The van der Waals surface area contributed by atoms with Crippen molar-refractivity contribution in [3.05, 3.63) is 0 Å². The van der Waals surface area contributed by atoms with Gasteiger partial charge in [0.15, 0.2) is 0 Å². The van der Waals surface area contributed by atoms with Crippen molar-refractivity contribution in [2.75, 3.05) is 13.1 Å². The lowest BCUT2D eigenvalue weighted by molar-refractivity contribution is -0.145. The molecule has 8 heteroatoms. The largest absolute Gasteiger partial charge is 0.481 e. The Labute approximate surface area is 117 Å². The number of amides is 2. The first kappa shape index (κ1) is 16.2. The van der Waals surface area contributed by atoms with Crippen molar-refractivity contribution < 1.29 is 24.2 Å². The maximum absolute atomic E-state index is 12.0. The molecule has 1 aliphatic rings. The van der Waals surface area contributed by atoms with Crippen LogP contribution in [0.3, 0.4) is 0 Å². The summed E-state index contributed by atoms with van der Waals surface area (Å²) in [6, 6.07) is 0. The number of carboxylic acid groups (broad SMARTS) is 1. The van der Waals surface area contributed by atoms with E-state index in [0.29, 0.717) is 0 Å². The number of ether oxygens (including phenoxy) is 1. The normalized spacial score (nSPS) is 23.1. The minimum absolute atomic E-state index is 0.0264. The van der Waals surface area contributed by atoms with E-state index in [1.807, 2.05) is 5.43 Å². The van der Waals surface area contributed by atoms with Gasteiger partial charge in [0.2, 0.25) is 5.91 Å². The average molecular weight is 287 g/mol. The summed E-state index contributed by atoms with van der Waals surface area (Å²) in [5, 5.41) is 9.10. The molecule has 20 heavy (non-hydrogen) atoms. The molecule has 0 unspecified atom stereocenters. The molecule has 4 N–H and O–H groups in total. The summed E-state index contributed by atoms with van der Waals surface area (Å²) in [6.07, 6.45) is -0.476. The SMILES string of the molecule is CC(C)(C)OC(=O)N1C[C@H](C(=O)O)C[C@H](C(=O)NN)C1. The highest BCUT2D eigenvalue weighted by molar-refractivity contribution is 5.81. The average Bonchev–Trinajstić information content (AvgIpc) is 2.35. The Balaban J connectivity index is 2.82. The van der Waals surface area contributed by atoms with Gasteiger partial charge in [-0.15, -0.1) is 0 Å². The molecule has 114 valence electrons. The summed E-state index contributed by atoms with van der Waals surface area (Å²) < 4.78 is 5.20. The van der Waals surface area contributed by atoms with Crippen molar-refractivity contribution in [3.8, 4) is 0 Å². The molecule has 1 heterocycles. The fourth-order valence-corrected chi connectivity index (χ4v) is 2.06. The number of nitrogens with one attached hydrogen (secondary N) is 1. The van der Waals surface area contributed by atoms with Crippen LogP contribution in [0.2, 0.25) is 0 Å². The van der Waals surface area contributed by atoms with Crippen LogP contribution >= 0.6 is 0 Å². The van der Waals surface area contributed by atoms with E-state index in [2.05, 4.69) is 0 Å². The number of nitrogens with zero attached hydrogens (tertiary/aromatic N) is 1. The number of carboxylic acids is 1. The number of aliphatic carboxylic acids is 1. The summed E-state index contributed by atoms with van der Waals surface area (Å²) in [5.41, 5.74) is 1.31.